The van der Waals surface area contributed by atoms with Gasteiger partial charge < -0.3 is 14.2 Å². The highest BCUT2D eigenvalue weighted by Gasteiger charge is 2.51. The van der Waals surface area contributed by atoms with E-state index in [1.165, 1.54) is 0 Å². The number of hydrogen-bond acceptors (Lipinski definition) is 5. The topological polar surface area (TPSA) is 68.5 Å². The highest BCUT2D eigenvalue weighted by atomic mass is 35.5. The van der Waals surface area contributed by atoms with Crippen LogP contribution in [0.3, 0.4) is 0 Å². The maximum Gasteiger partial charge on any atom is 0.229 e. The summed E-state index contributed by atoms with van der Waals surface area (Å²) in [4.78, 5) is 19.6. The molecule has 3 heterocycles. The first-order valence-corrected chi connectivity index (χ1v) is 10.3. The Morgan fingerprint density at radius 1 is 1.36 bits per heavy atom. The molecule has 0 bridgehead atoms. The van der Waals surface area contributed by atoms with E-state index >= 15 is 0 Å². The predicted molar refractivity (Wildman–Crippen MR) is 105 cm³/mol. The zero-order valence-electron chi connectivity index (χ0n) is 16.4. The van der Waals surface area contributed by atoms with Gasteiger partial charge in [0.2, 0.25) is 11.8 Å². The quantitative estimate of drug-likeness (QED) is 0.776. The number of hydrogen-bond donors (Lipinski definition) is 0. The molecule has 2 aliphatic heterocycles. The standard InChI is InChI=1S/C21H26ClN3O3/c1-14(2)20-23-19(24-28-20)17-12-25(13-21(17)6-8-27-9-7-21)18(26)11-15-4-3-5-16(22)10-15/h3-5,10,14,17H,6-9,11-13H2,1-2H3. The number of carbonyl (C=O) groups excluding carboxylic acids is 1. The van der Waals surface area contributed by atoms with Crippen molar-refractivity contribution in [3.8, 4) is 0 Å². The molecule has 150 valence electrons. The predicted octanol–water partition coefficient (Wildman–Crippen LogP) is 3.81. The lowest BCUT2D eigenvalue weighted by atomic mass is 9.72. The van der Waals surface area contributed by atoms with Crippen molar-refractivity contribution < 1.29 is 14.1 Å². The normalized spacial score (nSPS) is 21.6. The number of rotatable bonds is 4. The van der Waals surface area contributed by atoms with E-state index in [1.54, 1.807) is 0 Å². The van der Waals surface area contributed by atoms with Crippen molar-refractivity contribution in [3.05, 3.63) is 46.6 Å². The minimum atomic E-state index is -0.0413. The molecule has 0 N–H and O–H groups in total. The van der Waals surface area contributed by atoms with Crippen LogP contribution in [0.15, 0.2) is 28.8 Å². The van der Waals surface area contributed by atoms with Crippen molar-refractivity contribution in [2.45, 2.75) is 44.9 Å². The molecular formula is C21H26ClN3O3. The summed E-state index contributed by atoms with van der Waals surface area (Å²) >= 11 is 6.07. The van der Waals surface area contributed by atoms with Gasteiger partial charge in [-0.1, -0.05) is 42.7 Å². The highest BCUT2D eigenvalue weighted by molar-refractivity contribution is 6.30. The zero-order valence-corrected chi connectivity index (χ0v) is 17.1. The third-order valence-corrected chi connectivity index (χ3v) is 6.23. The minimum Gasteiger partial charge on any atom is -0.381 e. The summed E-state index contributed by atoms with van der Waals surface area (Å²) in [6.07, 6.45) is 2.16. The molecule has 1 aromatic carbocycles. The molecule has 1 spiro atoms. The van der Waals surface area contributed by atoms with Gasteiger partial charge in [0.05, 0.1) is 6.42 Å². The molecule has 1 atom stereocenters. The summed E-state index contributed by atoms with van der Waals surface area (Å²) in [5.74, 6) is 1.76. The van der Waals surface area contributed by atoms with Crippen molar-refractivity contribution in [2.24, 2.45) is 5.41 Å². The van der Waals surface area contributed by atoms with Gasteiger partial charge in [-0.25, -0.2) is 0 Å². The number of nitrogens with zero attached hydrogens (tertiary/aromatic N) is 3. The summed E-state index contributed by atoms with van der Waals surface area (Å²) in [5, 5.41) is 4.93. The van der Waals surface area contributed by atoms with Crippen LogP contribution in [0.2, 0.25) is 5.02 Å². The van der Waals surface area contributed by atoms with Crippen molar-refractivity contribution >= 4 is 17.5 Å². The van der Waals surface area contributed by atoms with Gasteiger partial charge in [-0.2, -0.15) is 4.98 Å². The van der Waals surface area contributed by atoms with Crippen molar-refractivity contribution in [1.82, 2.24) is 15.0 Å². The van der Waals surface area contributed by atoms with Gasteiger partial charge in [-0.05, 0) is 30.5 Å². The first-order chi connectivity index (χ1) is 13.5. The largest absolute Gasteiger partial charge is 0.381 e. The molecule has 0 radical (unpaired) electrons. The molecule has 2 aromatic rings. The molecule has 28 heavy (non-hydrogen) atoms. The number of halogens is 1. The summed E-state index contributed by atoms with van der Waals surface area (Å²) < 4.78 is 11.1. The van der Waals surface area contributed by atoms with Crippen LogP contribution in [-0.4, -0.2) is 47.3 Å². The third kappa shape index (κ3) is 3.80. The Kier molecular flexibility index (Phi) is 5.43. The lowest BCUT2D eigenvalue weighted by Gasteiger charge is -2.36. The number of ether oxygens (including phenoxy) is 1. The second-order valence-electron chi connectivity index (χ2n) is 8.25. The van der Waals surface area contributed by atoms with Gasteiger partial charge in [-0.3, -0.25) is 4.79 Å². The summed E-state index contributed by atoms with van der Waals surface area (Å²) in [5.41, 5.74) is 0.893. The van der Waals surface area contributed by atoms with Crippen LogP contribution in [0.5, 0.6) is 0 Å². The van der Waals surface area contributed by atoms with Gasteiger partial charge in [-0.15, -0.1) is 0 Å². The van der Waals surface area contributed by atoms with Gasteiger partial charge >= 0.3 is 0 Å². The Balaban J connectivity index is 1.56. The molecule has 2 saturated heterocycles. The Bertz CT molecular complexity index is 845. The Hall–Kier alpha value is -1.92. The molecule has 2 aliphatic rings. The fraction of sp³-hybridized carbons (Fsp3) is 0.571. The highest BCUT2D eigenvalue weighted by Crippen LogP contribution is 2.49. The van der Waals surface area contributed by atoms with E-state index in [4.69, 9.17) is 20.9 Å². The Morgan fingerprint density at radius 2 is 2.14 bits per heavy atom. The summed E-state index contributed by atoms with van der Waals surface area (Å²) in [7, 11) is 0. The van der Waals surface area contributed by atoms with Crippen LogP contribution >= 0.6 is 11.6 Å². The molecule has 6 nitrogen and oxygen atoms in total. The fourth-order valence-corrected chi connectivity index (χ4v) is 4.57. The third-order valence-electron chi connectivity index (χ3n) is 6.00. The number of benzene rings is 1. The Labute approximate surface area is 170 Å². The first kappa shape index (κ1) is 19.4. The van der Waals surface area contributed by atoms with Crippen LogP contribution in [0.4, 0.5) is 0 Å². The molecular weight excluding hydrogens is 378 g/mol. The molecule has 1 unspecified atom stereocenters. The Morgan fingerprint density at radius 3 is 2.82 bits per heavy atom. The van der Waals surface area contributed by atoms with E-state index in [1.807, 2.05) is 43.0 Å². The van der Waals surface area contributed by atoms with Crippen molar-refractivity contribution in [3.63, 3.8) is 0 Å². The molecule has 0 saturated carbocycles. The van der Waals surface area contributed by atoms with E-state index in [2.05, 4.69) is 10.1 Å². The maximum atomic E-state index is 13.0. The van der Waals surface area contributed by atoms with E-state index in [0.717, 1.165) is 24.2 Å². The van der Waals surface area contributed by atoms with Crippen LogP contribution in [0.1, 0.15) is 55.8 Å². The average molecular weight is 404 g/mol. The second-order valence-corrected chi connectivity index (χ2v) is 8.69. The maximum absolute atomic E-state index is 13.0. The van der Waals surface area contributed by atoms with Crippen LogP contribution < -0.4 is 0 Å². The van der Waals surface area contributed by atoms with E-state index in [9.17, 15) is 4.79 Å². The number of likely N-dealkylation sites (tertiary alicyclic amines) is 1. The van der Waals surface area contributed by atoms with Gasteiger partial charge in [0, 0.05) is 48.6 Å². The molecule has 1 amide bonds. The van der Waals surface area contributed by atoms with E-state index < -0.39 is 0 Å². The van der Waals surface area contributed by atoms with Crippen molar-refractivity contribution in [1.29, 1.82) is 0 Å². The summed E-state index contributed by atoms with van der Waals surface area (Å²) in [6.45, 7) is 6.83. The zero-order chi connectivity index (χ0) is 19.7. The SMILES string of the molecule is CC(C)c1nc(C2CN(C(=O)Cc3cccc(Cl)c3)CC23CCOCC3)no1. The van der Waals surface area contributed by atoms with E-state index in [-0.39, 0.29) is 23.2 Å². The average Bonchev–Trinajstić information content (AvgIpc) is 3.28. The molecule has 4 rings (SSSR count). The van der Waals surface area contributed by atoms with Crippen LogP contribution in [0, 0.1) is 5.41 Å². The lowest BCUT2D eigenvalue weighted by Crippen LogP contribution is -2.37. The molecule has 0 aliphatic carbocycles. The van der Waals surface area contributed by atoms with Crippen LogP contribution in [-0.2, 0) is 16.0 Å². The lowest BCUT2D eigenvalue weighted by molar-refractivity contribution is -0.130. The minimum absolute atomic E-state index is 0.0413. The first-order valence-electron chi connectivity index (χ1n) is 9.90. The number of carbonyl (C=O) groups is 1. The second kappa shape index (κ2) is 7.84. The number of aromatic nitrogens is 2. The van der Waals surface area contributed by atoms with Crippen molar-refractivity contribution in [2.75, 3.05) is 26.3 Å². The number of amides is 1. The smallest absolute Gasteiger partial charge is 0.229 e. The fourth-order valence-electron chi connectivity index (χ4n) is 4.36. The molecule has 1 aromatic heterocycles. The molecule has 2 fully saturated rings. The van der Waals surface area contributed by atoms with Gasteiger partial charge in [0.15, 0.2) is 5.82 Å². The van der Waals surface area contributed by atoms with Gasteiger partial charge in [0.1, 0.15) is 0 Å². The summed E-state index contributed by atoms with van der Waals surface area (Å²) in [6, 6.07) is 7.49. The monoisotopic (exact) mass is 403 g/mol. The van der Waals surface area contributed by atoms with Gasteiger partial charge in [0.25, 0.3) is 0 Å². The van der Waals surface area contributed by atoms with E-state index in [0.29, 0.717) is 43.6 Å². The molecule has 7 heteroatoms. The van der Waals surface area contributed by atoms with Crippen LogP contribution in [0.25, 0.3) is 0 Å².